The normalized spacial score (nSPS) is 10.8. The monoisotopic (exact) mass is 448 g/mol. The molecule has 4 aromatic rings. The van der Waals surface area contributed by atoms with Gasteiger partial charge in [-0.15, -0.1) is 0 Å². The molecule has 0 aromatic carbocycles. The van der Waals surface area contributed by atoms with Gasteiger partial charge in [0.25, 0.3) is 6.43 Å². The Morgan fingerprint density at radius 1 is 1.03 bits per heavy atom. The van der Waals surface area contributed by atoms with Crippen LogP contribution in [-0.2, 0) is 4.74 Å². The van der Waals surface area contributed by atoms with Gasteiger partial charge in [0.1, 0.15) is 29.2 Å². The summed E-state index contributed by atoms with van der Waals surface area (Å²) in [6.45, 7) is 1.36. The van der Waals surface area contributed by atoms with Crippen molar-refractivity contribution in [2.75, 3.05) is 13.2 Å². The molecule has 0 fully saturated rings. The molecule has 0 atom stereocenters. The van der Waals surface area contributed by atoms with Gasteiger partial charge in [-0.1, -0.05) is 0 Å². The standard InChI is InChI=1S/C10H8F2N2O3.C10H10N2O3/c11-9(12)5-17-6-1-2-8-7(10(15)16)3-13-14(8)4-6;1-2-15-10(14)8-5-11-12-6-7(13)3-4-9(8)12/h1-4,9H,5H2,(H,15,16);3-6,13H,2H2,1H3. The predicted molar refractivity (Wildman–Crippen MR) is 106 cm³/mol. The number of halogens is 2. The van der Waals surface area contributed by atoms with Gasteiger partial charge < -0.3 is 19.7 Å². The number of aromatic hydroxyl groups is 1. The first kappa shape index (κ1) is 22.5. The SMILES string of the molecule is CCOC(=O)c1cnn2cc(O)ccc12.O=C(O)c1cnn2cc(OCC(F)F)ccc12. The van der Waals surface area contributed by atoms with E-state index in [9.17, 15) is 23.5 Å². The molecule has 0 aliphatic carbocycles. The van der Waals surface area contributed by atoms with Gasteiger partial charge >= 0.3 is 11.9 Å². The highest BCUT2D eigenvalue weighted by Gasteiger charge is 2.13. The third-order valence-electron chi connectivity index (χ3n) is 4.09. The van der Waals surface area contributed by atoms with Crippen LogP contribution in [0.4, 0.5) is 8.78 Å². The Hall–Kier alpha value is -4.22. The lowest BCUT2D eigenvalue weighted by Gasteiger charge is -2.05. The summed E-state index contributed by atoms with van der Waals surface area (Å²) in [4.78, 5) is 22.3. The first-order chi connectivity index (χ1) is 15.3. The number of hydrogen-bond donors (Lipinski definition) is 2. The van der Waals surface area contributed by atoms with Gasteiger partial charge in [0.2, 0.25) is 0 Å². The summed E-state index contributed by atoms with van der Waals surface area (Å²) in [7, 11) is 0. The van der Waals surface area contributed by atoms with Crippen LogP contribution in [0, 0.1) is 0 Å². The highest BCUT2D eigenvalue weighted by Crippen LogP contribution is 2.17. The third kappa shape index (κ3) is 5.09. The van der Waals surface area contributed by atoms with Gasteiger partial charge in [-0.05, 0) is 31.2 Å². The molecule has 4 rings (SSSR count). The zero-order valence-electron chi connectivity index (χ0n) is 16.7. The Kier molecular flexibility index (Phi) is 6.83. The lowest BCUT2D eigenvalue weighted by atomic mass is 10.2. The molecule has 0 radical (unpaired) electrons. The van der Waals surface area contributed by atoms with Crippen LogP contribution in [-0.4, -0.2) is 61.0 Å². The van der Waals surface area contributed by atoms with E-state index in [1.165, 1.54) is 52.0 Å². The number of pyridine rings is 2. The van der Waals surface area contributed by atoms with E-state index < -0.39 is 25.0 Å². The maximum absolute atomic E-state index is 11.9. The molecule has 0 aliphatic rings. The van der Waals surface area contributed by atoms with Crippen molar-refractivity contribution in [1.82, 2.24) is 19.2 Å². The molecule has 2 N–H and O–H groups in total. The quantitative estimate of drug-likeness (QED) is 0.431. The van der Waals surface area contributed by atoms with Gasteiger partial charge in [-0.25, -0.2) is 27.4 Å². The molecule has 10 nitrogen and oxygen atoms in total. The minimum atomic E-state index is -2.56. The highest BCUT2D eigenvalue weighted by atomic mass is 19.3. The van der Waals surface area contributed by atoms with E-state index in [1.807, 2.05) is 0 Å². The lowest BCUT2D eigenvalue weighted by molar-refractivity contribution is 0.0528. The topological polar surface area (TPSA) is 128 Å². The summed E-state index contributed by atoms with van der Waals surface area (Å²) in [5.41, 5.74) is 1.44. The van der Waals surface area contributed by atoms with Crippen molar-refractivity contribution in [3.63, 3.8) is 0 Å². The second-order valence-electron chi connectivity index (χ2n) is 6.26. The molecule has 4 heterocycles. The number of carboxylic acids is 1. The van der Waals surface area contributed by atoms with Crippen molar-refractivity contribution >= 4 is 23.0 Å². The first-order valence-electron chi connectivity index (χ1n) is 9.25. The van der Waals surface area contributed by atoms with Crippen molar-refractivity contribution in [1.29, 1.82) is 0 Å². The summed E-state index contributed by atoms with van der Waals surface area (Å²) in [6.07, 6.45) is 2.83. The molecule has 0 saturated carbocycles. The van der Waals surface area contributed by atoms with E-state index >= 15 is 0 Å². The molecule has 0 aliphatic heterocycles. The number of aromatic carboxylic acids is 1. The summed E-state index contributed by atoms with van der Waals surface area (Å²) in [6, 6.07) is 6.00. The smallest absolute Gasteiger partial charge is 0.341 e. The van der Waals surface area contributed by atoms with Crippen LogP contribution in [0.1, 0.15) is 27.6 Å². The first-order valence-corrected chi connectivity index (χ1v) is 9.25. The molecule has 0 saturated heterocycles. The molecule has 0 amide bonds. The van der Waals surface area contributed by atoms with Gasteiger partial charge in [0, 0.05) is 0 Å². The van der Waals surface area contributed by atoms with Crippen molar-refractivity contribution in [2.24, 2.45) is 0 Å². The number of aromatic nitrogens is 4. The summed E-state index contributed by atoms with van der Waals surface area (Å²) < 4.78 is 36.2. The van der Waals surface area contributed by atoms with Crippen LogP contribution in [0.5, 0.6) is 11.5 Å². The highest BCUT2D eigenvalue weighted by molar-refractivity contribution is 5.96. The zero-order chi connectivity index (χ0) is 23.3. The summed E-state index contributed by atoms with van der Waals surface area (Å²) >= 11 is 0. The summed E-state index contributed by atoms with van der Waals surface area (Å²) in [5, 5.41) is 25.8. The van der Waals surface area contributed by atoms with E-state index in [2.05, 4.69) is 10.2 Å². The lowest BCUT2D eigenvalue weighted by Crippen LogP contribution is -2.07. The molecule has 32 heavy (non-hydrogen) atoms. The van der Waals surface area contributed by atoms with Crippen molar-refractivity contribution < 1.29 is 38.1 Å². The molecular formula is C20H18F2N4O6. The fourth-order valence-corrected chi connectivity index (χ4v) is 2.71. The number of nitrogens with zero attached hydrogens (tertiary/aromatic N) is 4. The largest absolute Gasteiger partial charge is 0.506 e. The van der Waals surface area contributed by atoms with Crippen LogP contribution in [0.2, 0.25) is 0 Å². The number of rotatable bonds is 6. The molecular weight excluding hydrogens is 430 g/mol. The number of esters is 1. The van der Waals surface area contributed by atoms with E-state index in [1.54, 1.807) is 13.0 Å². The maximum atomic E-state index is 11.9. The van der Waals surface area contributed by atoms with Crippen LogP contribution in [0.15, 0.2) is 49.1 Å². The number of hydrogen-bond acceptors (Lipinski definition) is 7. The minimum absolute atomic E-state index is 0.0467. The van der Waals surface area contributed by atoms with Crippen LogP contribution < -0.4 is 4.74 Å². The van der Waals surface area contributed by atoms with Crippen LogP contribution >= 0.6 is 0 Å². The van der Waals surface area contributed by atoms with Crippen molar-refractivity contribution in [3.05, 3.63) is 60.2 Å². The molecule has 0 spiro atoms. The molecule has 0 bridgehead atoms. The van der Waals surface area contributed by atoms with Gasteiger partial charge in [0.05, 0.1) is 42.4 Å². The number of carboxylic acid groups (broad SMARTS) is 1. The Morgan fingerprint density at radius 2 is 1.66 bits per heavy atom. The Labute approximate surface area is 179 Å². The summed E-state index contributed by atoms with van der Waals surface area (Å²) in [5.74, 6) is -1.20. The molecule has 168 valence electrons. The van der Waals surface area contributed by atoms with E-state index in [0.29, 0.717) is 23.2 Å². The number of carbonyl (C=O) groups excluding carboxylic acids is 1. The number of alkyl halides is 2. The maximum Gasteiger partial charge on any atom is 0.341 e. The average molecular weight is 448 g/mol. The third-order valence-corrected chi connectivity index (χ3v) is 4.09. The molecule has 12 heteroatoms. The molecule has 4 aromatic heterocycles. The predicted octanol–water partition coefficient (Wildman–Crippen LogP) is 2.89. The molecule has 0 unspecified atom stereocenters. The zero-order valence-corrected chi connectivity index (χ0v) is 16.7. The fourth-order valence-electron chi connectivity index (χ4n) is 2.71. The van der Waals surface area contributed by atoms with Gasteiger partial charge in [-0.3, -0.25) is 0 Å². The number of ether oxygens (including phenoxy) is 2. The van der Waals surface area contributed by atoms with E-state index in [-0.39, 0.29) is 17.1 Å². The number of fused-ring (bicyclic) bond motifs is 2. The minimum Gasteiger partial charge on any atom is -0.506 e. The van der Waals surface area contributed by atoms with E-state index in [4.69, 9.17) is 14.6 Å². The second kappa shape index (κ2) is 9.73. The van der Waals surface area contributed by atoms with E-state index in [0.717, 1.165) is 0 Å². The van der Waals surface area contributed by atoms with Crippen molar-refractivity contribution in [3.8, 4) is 11.5 Å². The number of carbonyl (C=O) groups is 2. The Balaban J connectivity index is 0.000000182. The second-order valence-corrected chi connectivity index (χ2v) is 6.26. The van der Waals surface area contributed by atoms with Crippen molar-refractivity contribution in [2.45, 2.75) is 13.3 Å². The Morgan fingerprint density at radius 3 is 2.31 bits per heavy atom. The fraction of sp³-hybridized carbons (Fsp3) is 0.200. The van der Waals surface area contributed by atoms with Crippen LogP contribution in [0.25, 0.3) is 11.0 Å². The van der Waals surface area contributed by atoms with Gasteiger partial charge in [-0.2, -0.15) is 10.2 Å². The Bertz CT molecular complexity index is 1250. The average Bonchev–Trinajstić information content (AvgIpc) is 3.36. The van der Waals surface area contributed by atoms with Crippen LogP contribution in [0.3, 0.4) is 0 Å². The van der Waals surface area contributed by atoms with Gasteiger partial charge in [0.15, 0.2) is 0 Å².